The number of nitrogens with zero attached hydrogens (tertiary/aromatic N) is 2. The van der Waals surface area contributed by atoms with E-state index in [9.17, 15) is 4.79 Å². The van der Waals surface area contributed by atoms with Crippen LogP contribution in [0, 0.1) is 0 Å². The summed E-state index contributed by atoms with van der Waals surface area (Å²) in [5, 5.41) is 6.63. The lowest BCUT2D eigenvalue weighted by atomic mass is 10.1. The number of ether oxygens (including phenoxy) is 1. The van der Waals surface area contributed by atoms with Gasteiger partial charge in [-0.2, -0.15) is 0 Å². The summed E-state index contributed by atoms with van der Waals surface area (Å²) < 4.78 is 11.2. The normalized spacial score (nSPS) is 10.9. The Hall–Kier alpha value is -3.68. The third-order valence-electron chi connectivity index (χ3n) is 4.71. The van der Waals surface area contributed by atoms with Crippen molar-refractivity contribution >= 4 is 44.9 Å². The number of aromatic nitrogens is 2. The van der Waals surface area contributed by atoms with Crippen LogP contribution in [0.4, 0.5) is 5.13 Å². The molecule has 0 unspecified atom stereocenters. The standard InChI is InChI=1S/C24H16ClN3O3S/c25-15-7-9-17(10-8-15)31-13-16-14-32-24(26-16)28-23(29)19-12-21(22-6-3-11-30-22)27-20-5-2-1-4-18(19)20/h1-12,14H,13H2,(H,26,28,29). The molecule has 0 fully saturated rings. The molecule has 2 aromatic carbocycles. The lowest BCUT2D eigenvalue weighted by Gasteiger charge is -2.08. The van der Waals surface area contributed by atoms with Gasteiger partial charge in [0.2, 0.25) is 0 Å². The van der Waals surface area contributed by atoms with Crippen LogP contribution in [0.3, 0.4) is 0 Å². The lowest BCUT2D eigenvalue weighted by Crippen LogP contribution is -2.13. The Morgan fingerprint density at radius 3 is 2.72 bits per heavy atom. The van der Waals surface area contributed by atoms with Crippen molar-refractivity contribution in [1.82, 2.24) is 9.97 Å². The Bertz CT molecular complexity index is 1380. The molecule has 8 heteroatoms. The van der Waals surface area contributed by atoms with E-state index in [-0.39, 0.29) is 12.5 Å². The van der Waals surface area contributed by atoms with Gasteiger partial charge in [-0.15, -0.1) is 11.3 Å². The van der Waals surface area contributed by atoms with Crippen LogP contribution < -0.4 is 10.1 Å². The summed E-state index contributed by atoms with van der Waals surface area (Å²) in [7, 11) is 0. The fourth-order valence-corrected chi connectivity index (χ4v) is 4.01. The molecule has 32 heavy (non-hydrogen) atoms. The number of thiazole rings is 1. The summed E-state index contributed by atoms with van der Waals surface area (Å²) in [6.07, 6.45) is 1.58. The van der Waals surface area contributed by atoms with Gasteiger partial charge in [0.25, 0.3) is 5.91 Å². The van der Waals surface area contributed by atoms with E-state index in [4.69, 9.17) is 20.8 Å². The highest BCUT2D eigenvalue weighted by atomic mass is 35.5. The molecule has 0 spiro atoms. The maximum Gasteiger partial charge on any atom is 0.258 e. The predicted molar refractivity (Wildman–Crippen MR) is 125 cm³/mol. The van der Waals surface area contributed by atoms with Gasteiger partial charge in [0.05, 0.1) is 23.0 Å². The average Bonchev–Trinajstić information content (AvgIpc) is 3.50. The maximum atomic E-state index is 13.1. The van der Waals surface area contributed by atoms with Gasteiger partial charge < -0.3 is 9.15 Å². The van der Waals surface area contributed by atoms with Gasteiger partial charge >= 0.3 is 0 Å². The lowest BCUT2D eigenvalue weighted by molar-refractivity contribution is 0.102. The van der Waals surface area contributed by atoms with Crippen molar-refractivity contribution in [2.75, 3.05) is 5.32 Å². The van der Waals surface area contributed by atoms with Gasteiger partial charge in [-0.05, 0) is 48.5 Å². The molecule has 0 bridgehead atoms. The van der Waals surface area contributed by atoms with E-state index in [1.807, 2.05) is 35.7 Å². The van der Waals surface area contributed by atoms with Gasteiger partial charge in [-0.3, -0.25) is 10.1 Å². The number of fused-ring (bicyclic) bond motifs is 1. The van der Waals surface area contributed by atoms with Crippen LogP contribution in [0.25, 0.3) is 22.4 Å². The Labute approximate surface area is 192 Å². The first-order chi connectivity index (χ1) is 15.7. The van der Waals surface area contributed by atoms with Crippen LogP contribution >= 0.6 is 22.9 Å². The van der Waals surface area contributed by atoms with Crippen molar-refractivity contribution < 1.29 is 13.9 Å². The molecular formula is C24H16ClN3O3S. The Balaban J connectivity index is 1.35. The van der Waals surface area contributed by atoms with Gasteiger partial charge in [0.15, 0.2) is 10.9 Å². The zero-order valence-corrected chi connectivity index (χ0v) is 18.2. The number of carbonyl (C=O) groups is 1. The number of carbonyl (C=O) groups excluding carboxylic acids is 1. The molecule has 6 nitrogen and oxygen atoms in total. The molecule has 0 radical (unpaired) electrons. The number of halogens is 1. The highest BCUT2D eigenvalue weighted by Crippen LogP contribution is 2.27. The van der Waals surface area contributed by atoms with E-state index in [1.54, 1.807) is 42.7 Å². The van der Waals surface area contributed by atoms with Crippen molar-refractivity contribution in [3.05, 3.63) is 94.7 Å². The van der Waals surface area contributed by atoms with E-state index < -0.39 is 0 Å². The van der Waals surface area contributed by atoms with Gasteiger partial charge in [-0.1, -0.05) is 29.8 Å². The fraction of sp³-hybridized carbons (Fsp3) is 0.0417. The van der Waals surface area contributed by atoms with Crippen molar-refractivity contribution in [3.63, 3.8) is 0 Å². The first-order valence-electron chi connectivity index (χ1n) is 9.73. The van der Waals surface area contributed by atoms with Crippen molar-refractivity contribution in [2.24, 2.45) is 0 Å². The molecule has 1 amide bonds. The van der Waals surface area contributed by atoms with Crippen LogP contribution in [0.5, 0.6) is 5.75 Å². The topological polar surface area (TPSA) is 77.2 Å². The highest BCUT2D eigenvalue weighted by Gasteiger charge is 2.16. The minimum absolute atomic E-state index is 0.268. The van der Waals surface area contributed by atoms with E-state index in [0.29, 0.717) is 38.4 Å². The summed E-state index contributed by atoms with van der Waals surface area (Å²) >= 11 is 7.23. The quantitative estimate of drug-likeness (QED) is 0.315. The minimum atomic E-state index is -0.268. The summed E-state index contributed by atoms with van der Waals surface area (Å²) in [5.41, 5.74) is 2.52. The summed E-state index contributed by atoms with van der Waals surface area (Å²) in [6, 6.07) is 19.9. The predicted octanol–water partition coefficient (Wildman–Crippen LogP) is 6.44. The van der Waals surface area contributed by atoms with Crippen LogP contribution in [0.1, 0.15) is 16.1 Å². The number of hydrogen-bond acceptors (Lipinski definition) is 6. The second-order valence-electron chi connectivity index (χ2n) is 6.89. The second kappa shape index (κ2) is 8.82. The van der Waals surface area contributed by atoms with Crippen molar-refractivity contribution in [2.45, 2.75) is 6.61 Å². The smallest absolute Gasteiger partial charge is 0.258 e. The number of furan rings is 1. The molecule has 5 aromatic rings. The molecule has 0 atom stereocenters. The molecule has 0 aliphatic heterocycles. The Morgan fingerprint density at radius 1 is 1.06 bits per heavy atom. The highest BCUT2D eigenvalue weighted by molar-refractivity contribution is 7.14. The van der Waals surface area contributed by atoms with E-state index in [1.165, 1.54) is 11.3 Å². The molecule has 5 rings (SSSR count). The van der Waals surface area contributed by atoms with Crippen LogP contribution in [0.2, 0.25) is 5.02 Å². The van der Waals surface area contributed by atoms with Crippen LogP contribution in [0.15, 0.2) is 82.8 Å². The molecular weight excluding hydrogens is 446 g/mol. The van der Waals surface area contributed by atoms with Crippen molar-refractivity contribution in [1.29, 1.82) is 0 Å². The van der Waals surface area contributed by atoms with Crippen molar-refractivity contribution in [3.8, 4) is 17.2 Å². The largest absolute Gasteiger partial charge is 0.487 e. The fourth-order valence-electron chi connectivity index (χ4n) is 3.20. The van der Waals surface area contributed by atoms with E-state index in [0.717, 1.165) is 11.1 Å². The molecule has 0 saturated heterocycles. The first-order valence-corrected chi connectivity index (χ1v) is 11.0. The molecule has 3 heterocycles. The Morgan fingerprint density at radius 2 is 1.91 bits per heavy atom. The molecule has 3 aromatic heterocycles. The molecule has 158 valence electrons. The first kappa shape index (κ1) is 20.2. The molecule has 0 aliphatic carbocycles. The van der Waals surface area contributed by atoms with E-state index in [2.05, 4.69) is 15.3 Å². The maximum absolute atomic E-state index is 13.1. The zero-order chi connectivity index (χ0) is 21.9. The molecule has 1 N–H and O–H groups in total. The van der Waals surface area contributed by atoms with E-state index >= 15 is 0 Å². The number of benzene rings is 2. The van der Waals surface area contributed by atoms with Crippen LogP contribution in [-0.2, 0) is 6.61 Å². The zero-order valence-electron chi connectivity index (χ0n) is 16.6. The second-order valence-corrected chi connectivity index (χ2v) is 8.18. The van der Waals surface area contributed by atoms with Gasteiger partial charge in [-0.25, -0.2) is 9.97 Å². The van der Waals surface area contributed by atoms with Gasteiger partial charge in [0.1, 0.15) is 18.1 Å². The summed E-state index contributed by atoms with van der Waals surface area (Å²) in [6.45, 7) is 0.287. The monoisotopic (exact) mass is 461 g/mol. The average molecular weight is 462 g/mol. The van der Waals surface area contributed by atoms with Gasteiger partial charge in [0, 0.05) is 15.8 Å². The number of pyridine rings is 1. The number of rotatable bonds is 6. The number of nitrogens with one attached hydrogen (secondary N) is 1. The summed E-state index contributed by atoms with van der Waals surface area (Å²) in [4.78, 5) is 22.2. The number of hydrogen-bond donors (Lipinski definition) is 1. The minimum Gasteiger partial charge on any atom is -0.487 e. The molecule has 0 aliphatic rings. The third-order valence-corrected chi connectivity index (χ3v) is 5.77. The van der Waals surface area contributed by atoms with Crippen LogP contribution in [-0.4, -0.2) is 15.9 Å². The SMILES string of the molecule is O=C(Nc1nc(COc2ccc(Cl)cc2)cs1)c1cc(-c2ccco2)nc2ccccc12. The summed E-state index contributed by atoms with van der Waals surface area (Å²) in [5.74, 6) is 1.03. The molecule has 0 saturated carbocycles. The Kier molecular flexibility index (Phi) is 5.58. The number of amides is 1. The number of para-hydroxylation sites is 1. The third kappa shape index (κ3) is 4.34. The number of anilines is 1.